The molecule has 7 nitrogen and oxygen atoms in total. The number of rotatable bonds is 7. The Labute approximate surface area is 211 Å². The van der Waals surface area contributed by atoms with Crippen molar-refractivity contribution in [1.29, 1.82) is 0 Å². The number of nitrogens with zero attached hydrogens (tertiary/aromatic N) is 1. The molecule has 182 valence electrons. The molecular weight excluding hydrogens is 485 g/mol. The molecule has 2 fully saturated rings. The maximum atomic E-state index is 13.9. The second-order valence-electron chi connectivity index (χ2n) is 8.69. The number of allylic oxidation sites excluding steroid dienone is 2. The van der Waals surface area contributed by atoms with E-state index in [4.69, 9.17) is 0 Å². The van der Waals surface area contributed by atoms with Crippen LogP contribution in [0.15, 0.2) is 63.5 Å². The van der Waals surface area contributed by atoms with Gasteiger partial charge in [-0.3, -0.25) is 25.2 Å². The van der Waals surface area contributed by atoms with E-state index in [0.717, 1.165) is 59.1 Å². The van der Waals surface area contributed by atoms with E-state index in [2.05, 4.69) is 26.3 Å². The summed E-state index contributed by atoms with van der Waals surface area (Å²) in [7, 11) is 0. The highest BCUT2D eigenvalue weighted by atomic mass is 32.2. The van der Waals surface area contributed by atoms with Gasteiger partial charge in [-0.05, 0) is 84.3 Å². The van der Waals surface area contributed by atoms with Crippen molar-refractivity contribution in [2.24, 2.45) is 4.99 Å². The molecule has 5 rings (SSSR count). The zero-order chi connectivity index (χ0) is 24.2. The molecule has 1 saturated heterocycles. The molecule has 1 unspecified atom stereocenters. The van der Waals surface area contributed by atoms with Gasteiger partial charge < -0.3 is 10.6 Å². The second-order valence-corrected chi connectivity index (χ2v) is 10.7. The van der Waals surface area contributed by atoms with Crippen LogP contribution in [0.5, 0.6) is 0 Å². The highest BCUT2D eigenvalue weighted by Gasteiger charge is 2.27. The van der Waals surface area contributed by atoms with Crippen LogP contribution in [0.4, 0.5) is 9.18 Å². The van der Waals surface area contributed by atoms with Gasteiger partial charge in [-0.1, -0.05) is 12.1 Å². The van der Waals surface area contributed by atoms with Crippen LogP contribution in [-0.4, -0.2) is 35.7 Å². The zero-order valence-corrected chi connectivity index (χ0v) is 20.6. The fourth-order valence-corrected chi connectivity index (χ4v) is 5.95. The first kappa shape index (κ1) is 23.9. The number of thioether (sulfide) groups is 1. The Morgan fingerprint density at radius 1 is 1.14 bits per heavy atom. The first-order chi connectivity index (χ1) is 17.0. The number of carbonyl (C=O) groups is 2. The molecule has 1 atom stereocenters. The second kappa shape index (κ2) is 10.9. The van der Waals surface area contributed by atoms with Gasteiger partial charge >= 0.3 is 0 Å². The summed E-state index contributed by atoms with van der Waals surface area (Å²) in [4.78, 5) is 29.0. The number of thiophene rings is 1. The van der Waals surface area contributed by atoms with Crippen LogP contribution in [-0.2, 0) is 11.3 Å². The van der Waals surface area contributed by atoms with Gasteiger partial charge in [0, 0.05) is 35.4 Å². The predicted octanol–water partition coefficient (Wildman–Crippen LogP) is 4.25. The van der Waals surface area contributed by atoms with E-state index in [-0.39, 0.29) is 23.3 Å². The van der Waals surface area contributed by atoms with Gasteiger partial charge in [-0.25, -0.2) is 4.39 Å². The molecule has 0 spiro atoms. The monoisotopic (exact) mass is 511 g/mol. The van der Waals surface area contributed by atoms with Gasteiger partial charge in [0.25, 0.3) is 11.1 Å². The van der Waals surface area contributed by atoms with E-state index < -0.39 is 0 Å². The van der Waals surface area contributed by atoms with Gasteiger partial charge in [0.15, 0.2) is 6.29 Å². The summed E-state index contributed by atoms with van der Waals surface area (Å²) in [6.07, 6.45) is 8.98. The first-order valence-electron chi connectivity index (χ1n) is 11.6. The van der Waals surface area contributed by atoms with Crippen molar-refractivity contribution in [1.82, 2.24) is 21.3 Å². The molecule has 35 heavy (non-hydrogen) atoms. The number of imide groups is 1. The molecule has 1 saturated carbocycles. The molecule has 2 aliphatic heterocycles. The smallest absolute Gasteiger partial charge is 0.290 e. The topological polar surface area (TPSA) is 94.6 Å². The summed E-state index contributed by atoms with van der Waals surface area (Å²) >= 11 is 2.52. The fraction of sp³-hybridized carbons (Fsp3) is 0.320. The third kappa shape index (κ3) is 6.07. The summed E-state index contributed by atoms with van der Waals surface area (Å²) < 4.78 is 13.9. The number of halogens is 1. The standard InChI is InChI=1S/C25H26FN5O2S2/c26-16-4-3-15(20(12-16)21-2-1-11-34-21)14-28-17-5-7-18(8-6-17)29-24-27-10-9-19(30-24)13-22-23(32)31-25(33)35-22/h1-4,9-13,17-18,24,28-30H,5-8,14H2,(H,31,32,33)/b22-13-. The van der Waals surface area contributed by atoms with Crippen LogP contribution in [0.1, 0.15) is 31.2 Å². The van der Waals surface area contributed by atoms with Gasteiger partial charge in [-0.2, -0.15) is 0 Å². The summed E-state index contributed by atoms with van der Waals surface area (Å²) in [5.74, 6) is -0.584. The highest BCUT2D eigenvalue weighted by molar-refractivity contribution is 8.18. The van der Waals surface area contributed by atoms with Gasteiger partial charge in [-0.15, -0.1) is 11.3 Å². The molecule has 3 heterocycles. The van der Waals surface area contributed by atoms with E-state index in [9.17, 15) is 14.0 Å². The van der Waals surface area contributed by atoms with Gasteiger partial charge in [0.1, 0.15) is 5.82 Å². The summed E-state index contributed by atoms with van der Waals surface area (Å²) in [5, 5.41) is 14.4. The lowest BCUT2D eigenvalue weighted by Gasteiger charge is -2.33. The third-order valence-electron chi connectivity index (χ3n) is 6.28. The number of nitrogens with one attached hydrogen (secondary N) is 4. The summed E-state index contributed by atoms with van der Waals surface area (Å²) in [6.45, 7) is 0.710. The maximum absolute atomic E-state index is 13.9. The Morgan fingerprint density at radius 2 is 1.97 bits per heavy atom. The Morgan fingerprint density at radius 3 is 2.71 bits per heavy atom. The number of hydrogen-bond donors (Lipinski definition) is 4. The molecule has 10 heteroatoms. The number of carbonyl (C=O) groups excluding carboxylic acids is 2. The fourth-order valence-electron chi connectivity index (χ4n) is 4.50. The Hall–Kier alpha value is -2.79. The third-order valence-corrected chi connectivity index (χ3v) is 8.00. The van der Waals surface area contributed by atoms with Crippen LogP contribution in [0.2, 0.25) is 0 Å². The summed E-state index contributed by atoms with van der Waals surface area (Å²) in [6, 6.07) is 9.78. The Balaban J connectivity index is 1.10. The number of hydrogen-bond acceptors (Lipinski definition) is 8. The molecule has 2 aromatic rings. The lowest BCUT2D eigenvalue weighted by molar-refractivity contribution is -0.115. The van der Waals surface area contributed by atoms with Crippen molar-refractivity contribution in [2.45, 2.75) is 50.6 Å². The maximum Gasteiger partial charge on any atom is 0.290 e. The minimum atomic E-state index is -0.372. The van der Waals surface area contributed by atoms with Crippen LogP contribution >= 0.6 is 23.1 Å². The molecule has 1 aliphatic carbocycles. The number of aliphatic imine (C=N–C) groups is 1. The van der Waals surface area contributed by atoms with Crippen molar-refractivity contribution in [3.8, 4) is 10.4 Å². The number of benzene rings is 1. The molecular formula is C25H26FN5O2S2. The molecule has 0 bridgehead atoms. The van der Waals surface area contributed by atoms with E-state index >= 15 is 0 Å². The summed E-state index contributed by atoms with van der Waals surface area (Å²) in [5.41, 5.74) is 2.81. The molecule has 2 amide bonds. The normalized spacial score (nSPS) is 25.5. The van der Waals surface area contributed by atoms with Crippen LogP contribution in [0.3, 0.4) is 0 Å². The molecule has 3 aliphatic rings. The van der Waals surface area contributed by atoms with E-state index in [1.807, 2.05) is 23.6 Å². The van der Waals surface area contributed by atoms with Gasteiger partial charge in [0.05, 0.1) is 4.91 Å². The Bertz CT molecular complexity index is 1190. The molecule has 0 radical (unpaired) electrons. The highest BCUT2D eigenvalue weighted by Crippen LogP contribution is 2.29. The molecule has 1 aromatic carbocycles. The van der Waals surface area contributed by atoms with Crippen LogP contribution < -0.4 is 21.3 Å². The van der Waals surface area contributed by atoms with Crippen molar-refractivity contribution in [3.05, 3.63) is 69.8 Å². The lowest BCUT2D eigenvalue weighted by atomic mass is 9.91. The van der Waals surface area contributed by atoms with Crippen molar-refractivity contribution < 1.29 is 14.0 Å². The zero-order valence-electron chi connectivity index (χ0n) is 18.9. The van der Waals surface area contributed by atoms with Gasteiger partial charge in [0.2, 0.25) is 0 Å². The quantitative estimate of drug-likeness (QED) is 0.415. The predicted molar refractivity (Wildman–Crippen MR) is 138 cm³/mol. The molecule has 4 N–H and O–H groups in total. The van der Waals surface area contributed by atoms with Crippen molar-refractivity contribution >= 4 is 40.5 Å². The average molecular weight is 512 g/mol. The Kier molecular flexibility index (Phi) is 7.43. The van der Waals surface area contributed by atoms with Crippen molar-refractivity contribution in [2.75, 3.05) is 0 Å². The minimum absolute atomic E-state index is 0.212. The largest absolute Gasteiger partial charge is 0.351 e. The van der Waals surface area contributed by atoms with E-state index in [1.54, 1.807) is 35.8 Å². The van der Waals surface area contributed by atoms with E-state index in [0.29, 0.717) is 23.5 Å². The molecule has 1 aromatic heterocycles. The average Bonchev–Trinajstić information content (AvgIpc) is 3.49. The minimum Gasteiger partial charge on any atom is -0.351 e. The van der Waals surface area contributed by atoms with Crippen LogP contribution in [0, 0.1) is 5.82 Å². The first-order valence-corrected chi connectivity index (χ1v) is 13.3. The van der Waals surface area contributed by atoms with Crippen molar-refractivity contribution in [3.63, 3.8) is 0 Å². The van der Waals surface area contributed by atoms with E-state index in [1.165, 1.54) is 6.07 Å². The van der Waals surface area contributed by atoms with Crippen LogP contribution in [0.25, 0.3) is 10.4 Å². The SMILES string of the molecule is O=C1NC(=O)/C(=C/C2=CC=NC(NC3CCC(NCc4ccc(F)cc4-c4cccs4)CC3)N2)S1. The lowest BCUT2D eigenvalue weighted by Crippen LogP contribution is -2.49. The number of amides is 2.